The third-order valence-electron chi connectivity index (χ3n) is 5.41. The average Bonchev–Trinajstić information content (AvgIpc) is 3.03. The highest BCUT2D eigenvalue weighted by Crippen LogP contribution is 2.20. The topological polar surface area (TPSA) is 65.6 Å². The molecule has 1 aliphatic heterocycles. The van der Waals surface area contributed by atoms with Gasteiger partial charge in [-0.2, -0.15) is 0 Å². The van der Waals surface area contributed by atoms with E-state index < -0.39 is 5.97 Å². The van der Waals surface area contributed by atoms with E-state index in [4.69, 9.17) is 4.74 Å². The Morgan fingerprint density at radius 2 is 1.72 bits per heavy atom. The lowest BCUT2D eigenvalue weighted by atomic mass is 10.1. The van der Waals surface area contributed by atoms with Crippen molar-refractivity contribution in [3.8, 4) is 0 Å². The predicted octanol–water partition coefficient (Wildman–Crippen LogP) is 2.93. The molecule has 1 saturated heterocycles. The van der Waals surface area contributed by atoms with E-state index in [-0.39, 0.29) is 5.78 Å². The molecule has 154 valence electrons. The number of H-pyrrole nitrogens is 1. The molecule has 0 bridgehead atoms. The Balaban J connectivity index is 1.50. The summed E-state index contributed by atoms with van der Waals surface area (Å²) < 4.78 is 4.82. The maximum absolute atomic E-state index is 12.8. The Kier molecular flexibility index (Phi) is 7.01. The molecule has 0 saturated carbocycles. The first kappa shape index (κ1) is 21.0. The molecule has 29 heavy (non-hydrogen) atoms. The summed E-state index contributed by atoms with van der Waals surface area (Å²) >= 11 is 0. The summed E-state index contributed by atoms with van der Waals surface area (Å²) in [4.78, 5) is 32.3. The number of aryl methyl sites for hydroxylation is 1. The Bertz CT molecular complexity index is 878. The van der Waals surface area contributed by atoms with E-state index >= 15 is 0 Å². The standard InChI is InChI=1S/C23H29N3O3/c1-17-21(23(28)29-3)18(2)24-22(17)20(27)16-26-14-12-25(13-15-26)11-7-10-19-8-5-4-6-9-19/h4-10,24H,11-16H2,1-3H3/b10-7+. The van der Waals surface area contributed by atoms with Gasteiger partial charge in [-0.3, -0.25) is 14.6 Å². The SMILES string of the molecule is COC(=O)c1c(C)[nH]c(C(=O)CN2CCN(C/C=C/c3ccccc3)CC2)c1C. The van der Waals surface area contributed by atoms with Crippen molar-refractivity contribution in [1.82, 2.24) is 14.8 Å². The number of aromatic nitrogens is 1. The number of ketones is 1. The molecular weight excluding hydrogens is 366 g/mol. The molecule has 1 aliphatic rings. The molecule has 6 nitrogen and oxygen atoms in total. The van der Waals surface area contributed by atoms with Crippen LogP contribution in [0, 0.1) is 13.8 Å². The van der Waals surface area contributed by atoms with Gasteiger partial charge in [0.05, 0.1) is 24.9 Å². The van der Waals surface area contributed by atoms with Crippen molar-refractivity contribution in [3.05, 3.63) is 64.5 Å². The Hall–Kier alpha value is -2.70. The first-order chi connectivity index (χ1) is 14.0. The molecule has 0 atom stereocenters. The lowest BCUT2D eigenvalue weighted by Gasteiger charge is -2.33. The average molecular weight is 396 g/mol. The van der Waals surface area contributed by atoms with Gasteiger partial charge in [-0.1, -0.05) is 42.5 Å². The molecule has 6 heteroatoms. The van der Waals surface area contributed by atoms with E-state index in [0.29, 0.717) is 29.1 Å². The second kappa shape index (κ2) is 9.67. The zero-order chi connectivity index (χ0) is 20.8. The number of aromatic amines is 1. The van der Waals surface area contributed by atoms with Gasteiger partial charge in [0.2, 0.25) is 0 Å². The monoisotopic (exact) mass is 395 g/mol. The largest absolute Gasteiger partial charge is 0.465 e. The number of Topliss-reactive ketones (excluding diaryl/α,β-unsaturated/α-hetero) is 1. The van der Waals surface area contributed by atoms with E-state index in [1.807, 2.05) is 18.2 Å². The van der Waals surface area contributed by atoms with Crippen molar-refractivity contribution >= 4 is 17.8 Å². The van der Waals surface area contributed by atoms with Crippen molar-refractivity contribution < 1.29 is 14.3 Å². The third kappa shape index (κ3) is 5.22. The Labute approximate surface area is 172 Å². The lowest BCUT2D eigenvalue weighted by Crippen LogP contribution is -2.47. The minimum Gasteiger partial charge on any atom is -0.465 e. The molecule has 0 spiro atoms. The van der Waals surface area contributed by atoms with Crippen LogP contribution in [0.15, 0.2) is 36.4 Å². The van der Waals surface area contributed by atoms with E-state index in [1.165, 1.54) is 12.7 Å². The summed E-state index contributed by atoms with van der Waals surface area (Å²) in [5.41, 5.74) is 3.53. The van der Waals surface area contributed by atoms with Crippen molar-refractivity contribution in [2.75, 3.05) is 46.4 Å². The van der Waals surface area contributed by atoms with Crippen LogP contribution in [0.4, 0.5) is 0 Å². The highest BCUT2D eigenvalue weighted by atomic mass is 16.5. The normalized spacial score (nSPS) is 15.7. The second-order valence-electron chi connectivity index (χ2n) is 7.43. The zero-order valence-electron chi connectivity index (χ0n) is 17.4. The van der Waals surface area contributed by atoms with Gasteiger partial charge in [-0.25, -0.2) is 4.79 Å². The van der Waals surface area contributed by atoms with Crippen LogP contribution in [0.1, 0.15) is 37.7 Å². The summed E-state index contributed by atoms with van der Waals surface area (Å²) in [5, 5.41) is 0. The summed E-state index contributed by atoms with van der Waals surface area (Å²) in [7, 11) is 1.35. The van der Waals surface area contributed by atoms with Gasteiger partial charge in [0.25, 0.3) is 0 Å². The summed E-state index contributed by atoms with van der Waals surface area (Å²) in [6.45, 7) is 8.42. The van der Waals surface area contributed by atoms with E-state index in [2.05, 4.69) is 39.1 Å². The van der Waals surface area contributed by atoms with Crippen molar-refractivity contribution in [3.63, 3.8) is 0 Å². The zero-order valence-corrected chi connectivity index (χ0v) is 17.4. The van der Waals surface area contributed by atoms with E-state index in [9.17, 15) is 9.59 Å². The van der Waals surface area contributed by atoms with Crippen LogP contribution in [-0.4, -0.2) is 72.9 Å². The first-order valence-corrected chi connectivity index (χ1v) is 9.96. The van der Waals surface area contributed by atoms with Gasteiger partial charge in [-0.15, -0.1) is 0 Å². The Morgan fingerprint density at radius 1 is 1.07 bits per heavy atom. The molecule has 1 fully saturated rings. The second-order valence-corrected chi connectivity index (χ2v) is 7.43. The molecule has 0 amide bonds. The van der Waals surface area contributed by atoms with Crippen molar-refractivity contribution in [2.24, 2.45) is 0 Å². The fourth-order valence-electron chi connectivity index (χ4n) is 3.75. The molecular formula is C23H29N3O3. The number of ether oxygens (including phenoxy) is 1. The fraction of sp³-hybridized carbons (Fsp3) is 0.391. The Morgan fingerprint density at radius 3 is 2.38 bits per heavy atom. The molecule has 1 aromatic carbocycles. The lowest BCUT2D eigenvalue weighted by molar-refractivity contribution is 0.0599. The minimum atomic E-state index is -0.410. The predicted molar refractivity (Wildman–Crippen MR) is 114 cm³/mol. The number of nitrogens with one attached hydrogen (secondary N) is 1. The van der Waals surface area contributed by atoms with Crippen LogP contribution in [-0.2, 0) is 4.74 Å². The van der Waals surface area contributed by atoms with Crippen molar-refractivity contribution in [1.29, 1.82) is 0 Å². The quantitative estimate of drug-likeness (QED) is 0.577. The van der Waals surface area contributed by atoms with Gasteiger partial charge in [0.1, 0.15) is 0 Å². The van der Waals surface area contributed by atoms with Crippen LogP contribution >= 0.6 is 0 Å². The number of esters is 1. The maximum Gasteiger partial charge on any atom is 0.339 e. The molecule has 0 radical (unpaired) electrons. The fourth-order valence-corrected chi connectivity index (χ4v) is 3.75. The van der Waals surface area contributed by atoms with Crippen LogP contribution in [0.3, 0.4) is 0 Å². The highest BCUT2D eigenvalue weighted by molar-refractivity contribution is 6.02. The van der Waals surface area contributed by atoms with Gasteiger partial charge in [0.15, 0.2) is 5.78 Å². The number of rotatable bonds is 7. The first-order valence-electron chi connectivity index (χ1n) is 9.96. The van der Waals surface area contributed by atoms with E-state index in [0.717, 1.165) is 32.7 Å². The number of hydrogen-bond acceptors (Lipinski definition) is 5. The van der Waals surface area contributed by atoms with E-state index in [1.54, 1.807) is 13.8 Å². The number of nitrogens with zero attached hydrogens (tertiary/aromatic N) is 2. The number of piperazine rings is 1. The molecule has 1 aromatic heterocycles. The van der Waals surface area contributed by atoms with Crippen LogP contribution in [0.5, 0.6) is 0 Å². The number of methoxy groups -OCH3 is 1. The van der Waals surface area contributed by atoms with Crippen LogP contribution in [0.2, 0.25) is 0 Å². The molecule has 0 aliphatic carbocycles. The minimum absolute atomic E-state index is 0.0122. The van der Waals surface area contributed by atoms with Crippen LogP contribution in [0.25, 0.3) is 6.08 Å². The van der Waals surface area contributed by atoms with Gasteiger partial charge < -0.3 is 9.72 Å². The highest BCUT2D eigenvalue weighted by Gasteiger charge is 2.25. The number of carbonyl (C=O) groups is 2. The number of carbonyl (C=O) groups excluding carboxylic acids is 2. The molecule has 2 aromatic rings. The summed E-state index contributed by atoms with van der Waals surface area (Å²) in [6, 6.07) is 10.3. The number of hydrogen-bond donors (Lipinski definition) is 1. The van der Waals surface area contributed by atoms with Gasteiger partial charge in [0, 0.05) is 38.4 Å². The molecule has 3 rings (SSSR count). The molecule has 1 N–H and O–H groups in total. The third-order valence-corrected chi connectivity index (χ3v) is 5.41. The molecule has 2 heterocycles. The molecule has 0 unspecified atom stereocenters. The van der Waals surface area contributed by atoms with Gasteiger partial charge >= 0.3 is 5.97 Å². The summed E-state index contributed by atoms with van der Waals surface area (Å²) in [5.74, 6) is -0.398. The van der Waals surface area contributed by atoms with Crippen molar-refractivity contribution in [2.45, 2.75) is 13.8 Å². The van der Waals surface area contributed by atoms with Gasteiger partial charge in [-0.05, 0) is 25.0 Å². The van der Waals surface area contributed by atoms with Crippen LogP contribution < -0.4 is 0 Å². The number of benzene rings is 1. The summed E-state index contributed by atoms with van der Waals surface area (Å²) in [6.07, 6.45) is 4.33. The smallest absolute Gasteiger partial charge is 0.339 e. The maximum atomic E-state index is 12.8.